The van der Waals surface area contributed by atoms with Gasteiger partial charge in [-0.1, -0.05) is 0 Å². The molecule has 3 nitrogen and oxygen atoms in total. The van der Waals surface area contributed by atoms with Gasteiger partial charge in [-0.3, -0.25) is 0 Å². The predicted octanol–water partition coefficient (Wildman–Crippen LogP) is -0.477. The molecule has 0 fully saturated rings. The van der Waals surface area contributed by atoms with Crippen LogP contribution >= 0.6 is 0 Å². The highest BCUT2D eigenvalue weighted by atomic mass is 17.2. The first-order valence-corrected chi connectivity index (χ1v) is 1.77. The lowest BCUT2D eigenvalue weighted by Crippen LogP contribution is -2.07. The molecule has 0 aliphatic rings. The van der Waals surface area contributed by atoms with Crippen molar-refractivity contribution in [1.29, 1.82) is 0 Å². The van der Waals surface area contributed by atoms with Gasteiger partial charge in [0.1, 0.15) is 0 Å². The molecule has 0 amide bonds. The normalized spacial score (nSPS) is 9.00. The Morgan fingerprint density at radius 1 is 1.67 bits per heavy atom. The van der Waals surface area contributed by atoms with Crippen molar-refractivity contribution in [2.24, 2.45) is 5.73 Å². The summed E-state index contributed by atoms with van der Waals surface area (Å²) in [6, 6.07) is 0. The summed E-state index contributed by atoms with van der Waals surface area (Å²) in [5.41, 5.74) is 5.01. The Hall–Kier alpha value is -0.120. The van der Waals surface area contributed by atoms with Gasteiger partial charge in [0, 0.05) is 6.54 Å². The van der Waals surface area contributed by atoms with Crippen LogP contribution in [0.3, 0.4) is 0 Å². The largest absolute Gasteiger partial charge is 0.328 e. The second kappa shape index (κ2) is 4.88. The minimum absolute atomic E-state index is 0.469. The SMILES string of the molecule is COOCCN. The third-order valence-electron chi connectivity index (χ3n) is 0.319. The molecule has 3 heteroatoms. The Labute approximate surface area is 37.0 Å². The Morgan fingerprint density at radius 3 is 2.50 bits per heavy atom. The highest BCUT2D eigenvalue weighted by Gasteiger charge is 1.73. The average molecular weight is 91.1 g/mol. The Kier molecular flexibility index (Phi) is 4.78. The van der Waals surface area contributed by atoms with Crippen molar-refractivity contribution in [3.63, 3.8) is 0 Å². The van der Waals surface area contributed by atoms with Gasteiger partial charge in [-0.25, -0.2) is 9.78 Å². The van der Waals surface area contributed by atoms with Crippen LogP contribution in [0.1, 0.15) is 0 Å². The molecule has 0 spiro atoms. The summed E-state index contributed by atoms with van der Waals surface area (Å²) in [6.07, 6.45) is 0. The van der Waals surface area contributed by atoms with Crippen molar-refractivity contribution < 1.29 is 9.78 Å². The molecule has 0 aromatic carbocycles. The van der Waals surface area contributed by atoms with E-state index in [9.17, 15) is 0 Å². The zero-order chi connectivity index (χ0) is 4.83. The fourth-order valence-electron chi connectivity index (χ4n) is 0.131. The minimum Gasteiger partial charge on any atom is -0.328 e. The van der Waals surface area contributed by atoms with E-state index < -0.39 is 0 Å². The first-order valence-electron chi connectivity index (χ1n) is 1.77. The zero-order valence-corrected chi connectivity index (χ0v) is 3.81. The van der Waals surface area contributed by atoms with Gasteiger partial charge in [0.05, 0.1) is 13.7 Å². The quantitative estimate of drug-likeness (QED) is 0.290. The minimum atomic E-state index is 0.469. The number of nitrogens with two attached hydrogens (primary N) is 1. The van der Waals surface area contributed by atoms with E-state index in [2.05, 4.69) is 9.78 Å². The second-order valence-electron chi connectivity index (χ2n) is 0.777. The molecule has 0 rings (SSSR count). The lowest BCUT2D eigenvalue weighted by atomic mass is 10.8. The lowest BCUT2D eigenvalue weighted by Gasteiger charge is -1.91. The van der Waals surface area contributed by atoms with E-state index in [0.717, 1.165) is 0 Å². The second-order valence-corrected chi connectivity index (χ2v) is 0.777. The van der Waals surface area contributed by atoms with E-state index in [4.69, 9.17) is 5.73 Å². The lowest BCUT2D eigenvalue weighted by molar-refractivity contribution is -0.269. The first kappa shape index (κ1) is 5.88. The molecule has 0 aromatic rings. The van der Waals surface area contributed by atoms with Crippen LogP contribution in [0.25, 0.3) is 0 Å². The van der Waals surface area contributed by atoms with Gasteiger partial charge in [-0.2, -0.15) is 0 Å². The Balaban J connectivity index is 2.34. The van der Waals surface area contributed by atoms with Crippen LogP contribution in [0.5, 0.6) is 0 Å². The fourth-order valence-corrected chi connectivity index (χ4v) is 0.131. The van der Waals surface area contributed by atoms with Crippen LogP contribution in [0.2, 0.25) is 0 Å². The maximum Gasteiger partial charge on any atom is 0.0944 e. The summed E-state index contributed by atoms with van der Waals surface area (Å²) >= 11 is 0. The predicted molar refractivity (Wildman–Crippen MR) is 22.0 cm³/mol. The molecule has 0 unspecified atom stereocenters. The zero-order valence-electron chi connectivity index (χ0n) is 3.81. The Bertz CT molecular complexity index is 20.8. The first-order chi connectivity index (χ1) is 2.91. The van der Waals surface area contributed by atoms with Gasteiger partial charge in [0.25, 0.3) is 0 Å². The third kappa shape index (κ3) is 3.88. The van der Waals surface area contributed by atoms with Crippen molar-refractivity contribution >= 4 is 0 Å². The number of hydrogen-bond acceptors (Lipinski definition) is 3. The molecule has 0 saturated carbocycles. The number of rotatable bonds is 3. The molecule has 0 aliphatic heterocycles. The van der Waals surface area contributed by atoms with Gasteiger partial charge in [-0.15, -0.1) is 0 Å². The molecule has 0 aromatic heterocycles. The van der Waals surface area contributed by atoms with E-state index >= 15 is 0 Å². The van der Waals surface area contributed by atoms with Gasteiger partial charge in [0.15, 0.2) is 0 Å². The van der Waals surface area contributed by atoms with Crippen LogP contribution in [-0.2, 0) is 9.78 Å². The molecule has 38 valence electrons. The summed E-state index contributed by atoms with van der Waals surface area (Å²) in [6.45, 7) is 0.977. The van der Waals surface area contributed by atoms with E-state index in [1.807, 2.05) is 0 Å². The molecule has 0 radical (unpaired) electrons. The van der Waals surface area contributed by atoms with Crippen LogP contribution in [0.4, 0.5) is 0 Å². The summed E-state index contributed by atoms with van der Waals surface area (Å²) in [5, 5.41) is 0. The van der Waals surface area contributed by atoms with E-state index in [-0.39, 0.29) is 0 Å². The van der Waals surface area contributed by atoms with Gasteiger partial charge < -0.3 is 5.73 Å². The van der Waals surface area contributed by atoms with Crippen LogP contribution in [0.15, 0.2) is 0 Å². The molecule has 0 aliphatic carbocycles. The average Bonchev–Trinajstić information content (AvgIpc) is 1.61. The molecule has 6 heavy (non-hydrogen) atoms. The van der Waals surface area contributed by atoms with Gasteiger partial charge in [-0.05, 0) is 0 Å². The molecule has 0 saturated heterocycles. The maximum absolute atomic E-state index is 5.01. The van der Waals surface area contributed by atoms with Crippen molar-refractivity contribution in [1.82, 2.24) is 0 Å². The van der Waals surface area contributed by atoms with Crippen molar-refractivity contribution in [2.75, 3.05) is 20.3 Å². The molecule has 0 heterocycles. The third-order valence-corrected chi connectivity index (χ3v) is 0.319. The summed E-state index contributed by atoms with van der Waals surface area (Å²) < 4.78 is 0. The van der Waals surface area contributed by atoms with Crippen molar-refractivity contribution in [3.05, 3.63) is 0 Å². The highest BCUT2D eigenvalue weighted by Crippen LogP contribution is 1.65. The smallest absolute Gasteiger partial charge is 0.0944 e. The maximum atomic E-state index is 5.01. The molecular weight excluding hydrogens is 82.0 g/mol. The molecular formula is C3H9NO2. The number of hydrogen-bond donors (Lipinski definition) is 1. The monoisotopic (exact) mass is 91.1 g/mol. The van der Waals surface area contributed by atoms with Crippen LogP contribution in [-0.4, -0.2) is 20.3 Å². The Morgan fingerprint density at radius 2 is 2.33 bits per heavy atom. The summed E-state index contributed by atoms with van der Waals surface area (Å²) in [5.74, 6) is 0. The highest BCUT2D eigenvalue weighted by molar-refractivity contribution is 4.20. The van der Waals surface area contributed by atoms with Crippen LogP contribution in [0, 0.1) is 0 Å². The van der Waals surface area contributed by atoms with Crippen molar-refractivity contribution in [3.8, 4) is 0 Å². The van der Waals surface area contributed by atoms with Crippen LogP contribution < -0.4 is 5.73 Å². The molecule has 2 N–H and O–H groups in total. The van der Waals surface area contributed by atoms with Gasteiger partial charge in [0.2, 0.25) is 0 Å². The molecule has 0 bridgehead atoms. The standard InChI is InChI=1S/C3H9NO2/c1-5-6-3-2-4/h2-4H2,1H3. The molecule has 0 atom stereocenters. The van der Waals surface area contributed by atoms with Gasteiger partial charge >= 0.3 is 0 Å². The fraction of sp³-hybridized carbons (Fsp3) is 1.00. The van der Waals surface area contributed by atoms with E-state index in [1.54, 1.807) is 0 Å². The summed E-state index contributed by atoms with van der Waals surface area (Å²) in [4.78, 5) is 8.56. The van der Waals surface area contributed by atoms with Crippen molar-refractivity contribution in [2.45, 2.75) is 0 Å². The topological polar surface area (TPSA) is 44.5 Å². The van der Waals surface area contributed by atoms with E-state index in [1.165, 1.54) is 7.11 Å². The summed E-state index contributed by atoms with van der Waals surface area (Å²) in [7, 11) is 1.45. The van der Waals surface area contributed by atoms with E-state index in [0.29, 0.717) is 13.2 Å².